The predicted octanol–water partition coefficient (Wildman–Crippen LogP) is 3.12. The highest BCUT2D eigenvalue weighted by atomic mass is 16.4. The van der Waals surface area contributed by atoms with Gasteiger partial charge < -0.3 is 15.7 Å². The van der Waals surface area contributed by atoms with E-state index in [2.05, 4.69) is 10.6 Å². The van der Waals surface area contributed by atoms with Crippen molar-refractivity contribution >= 4 is 17.7 Å². The minimum Gasteiger partial charge on any atom is -0.480 e. The molecule has 0 aliphatic heterocycles. The smallest absolute Gasteiger partial charge is 0.326 e. The summed E-state index contributed by atoms with van der Waals surface area (Å²) in [6, 6.07) is 13.3. The SMILES string of the molecule is Cc1ccc(NC(=O)N[C@@H](Cc2ccccc2)C(=O)O)c(C)c1. The molecule has 0 saturated heterocycles. The number of amides is 2. The molecule has 0 bridgehead atoms. The van der Waals surface area contributed by atoms with E-state index in [4.69, 9.17) is 0 Å². The summed E-state index contributed by atoms with van der Waals surface area (Å²) in [6.45, 7) is 3.86. The molecule has 0 saturated carbocycles. The van der Waals surface area contributed by atoms with E-state index in [1.54, 1.807) is 6.07 Å². The van der Waals surface area contributed by atoms with Gasteiger partial charge in [0.2, 0.25) is 0 Å². The van der Waals surface area contributed by atoms with Crippen molar-refractivity contribution in [1.29, 1.82) is 0 Å². The first-order valence-electron chi connectivity index (χ1n) is 7.37. The molecule has 3 N–H and O–H groups in total. The Bertz CT molecular complexity index is 699. The summed E-state index contributed by atoms with van der Waals surface area (Å²) in [5.41, 5.74) is 3.54. The number of aryl methyl sites for hydroxylation is 2. The van der Waals surface area contributed by atoms with Gasteiger partial charge in [-0.05, 0) is 31.0 Å². The first-order chi connectivity index (χ1) is 11.0. The summed E-state index contributed by atoms with van der Waals surface area (Å²) in [5.74, 6) is -1.07. The van der Waals surface area contributed by atoms with Gasteiger partial charge in [0.15, 0.2) is 0 Å². The van der Waals surface area contributed by atoms with Crippen LogP contribution >= 0.6 is 0 Å². The zero-order valence-corrected chi connectivity index (χ0v) is 13.2. The van der Waals surface area contributed by atoms with E-state index in [-0.39, 0.29) is 6.42 Å². The lowest BCUT2D eigenvalue weighted by Crippen LogP contribution is -2.44. The number of nitrogens with one attached hydrogen (secondary N) is 2. The fraction of sp³-hybridized carbons (Fsp3) is 0.222. The minimum atomic E-state index is -1.07. The number of aliphatic carboxylic acids is 1. The van der Waals surface area contributed by atoms with E-state index in [9.17, 15) is 14.7 Å². The van der Waals surface area contributed by atoms with E-state index >= 15 is 0 Å². The van der Waals surface area contributed by atoms with Gasteiger partial charge in [-0.2, -0.15) is 0 Å². The zero-order chi connectivity index (χ0) is 16.8. The van der Waals surface area contributed by atoms with E-state index < -0.39 is 18.0 Å². The molecule has 0 spiro atoms. The van der Waals surface area contributed by atoms with Gasteiger partial charge in [0.05, 0.1) is 0 Å². The summed E-state index contributed by atoms with van der Waals surface area (Å²) in [4.78, 5) is 23.4. The van der Waals surface area contributed by atoms with Crippen LogP contribution in [-0.2, 0) is 11.2 Å². The van der Waals surface area contributed by atoms with E-state index in [1.807, 2.05) is 56.3 Å². The number of rotatable bonds is 5. The van der Waals surface area contributed by atoms with Gasteiger partial charge in [0, 0.05) is 12.1 Å². The van der Waals surface area contributed by atoms with Crippen LogP contribution in [0.3, 0.4) is 0 Å². The Hall–Kier alpha value is -2.82. The van der Waals surface area contributed by atoms with Crippen molar-refractivity contribution in [3.05, 3.63) is 65.2 Å². The van der Waals surface area contributed by atoms with Gasteiger partial charge in [0.25, 0.3) is 0 Å². The van der Waals surface area contributed by atoms with Gasteiger partial charge in [0.1, 0.15) is 6.04 Å². The van der Waals surface area contributed by atoms with E-state index in [0.717, 1.165) is 16.7 Å². The second-order valence-electron chi connectivity index (χ2n) is 5.50. The number of anilines is 1. The third-order valence-electron chi connectivity index (χ3n) is 3.52. The number of hydrogen-bond donors (Lipinski definition) is 3. The van der Waals surface area contributed by atoms with Crippen LogP contribution < -0.4 is 10.6 Å². The molecule has 5 nitrogen and oxygen atoms in total. The maximum Gasteiger partial charge on any atom is 0.326 e. The van der Waals surface area contributed by atoms with E-state index in [0.29, 0.717) is 5.69 Å². The van der Waals surface area contributed by atoms with Crippen molar-refractivity contribution in [3.63, 3.8) is 0 Å². The highest BCUT2D eigenvalue weighted by molar-refractivity contribution is 5.93. The Kier molecular flexibility index (Phi) is 5.36. The van der Waals surface area contributed by atoms with Crippen LogP contribution in [0.5, 0.6) is 0 Å². The number of carbonyl (C=O) groups is 2. The highest BCUT2D eigenvalue weighted by Gasteiger charge is 2.20. The van der Waals surface area contributed by atoms with Crippen molar-refractivity contribution in [2.45, 2.75) is 26.3 Å². The van der Waals surface area contributed by atoms with Crippen LogP contribution in [-0.4, -0.2) is 23.1 Å². The number of urea groups is 1. The third kappa shape index (κ3) is 4.85. The van der Waals surface area contributed by atoms with Crippen LogP contribution in [0.1, 0.15) is 16.7 Å². The molecule has 0 fully saturated rings. The number of benzene rings is 2. The van der Waals surface area contributed by atoms with Gasteiger partial charge >= 0.3 is 12.0 Å². The van der Waals surface area contributed by atoms with Crippen LogP contribution in [0.25, 0.3) is 0 Å². The van der Waals surface area contributed by atoms with Gasteiger partial charge in [-0.15, -0.1) is 0 Å². The van der Waals surface area contributed by atoms with Gasteiger partial charge in [-0.1, -0.05) is 48.0 Å². The molecule has 23 heavy (non-hydrogen) atoms. The summed E-state index contributed by atoms with van der Waals surface area (Å²) in [6.07, 6.45) is 0.233. The van der Waals surface area contributed by atoms with Crippen LogP contribution in [0.2, 0.25) is 0 Å². The summed E-state index contributed by atoms with van der Waals surface area (Å²) in [5, 5.41) is 14.5. The summed E-state index contributed by atoms with van der Waals surface area (Å²) in [7, 11) is 0. The van der Waals surface area contributed by atoms with Gasteiger partial charge in [-0.25, -0.2) is 9.59 Å². The maximum absolute atomic E-state index is 12.1. The first-order valence-corrected chi connectivity index (χ1v) is 7.37. The van der Waals surface area contributed by atoms with Crippen molar-refractivity contribution < 1.29 is 14.7 Å². The molecule has 0 aliphatic carbocycles. The van der Waals surface area contributed by atoms with Crippen LogP contribution in [0.4, 0.5) is 10.5 Å². The molecule has 120 valence electrons. The molecule has 1 atom stereocenters. The molecule has 0 heterocycles. The fourth-order valence-corrected chi connectivity index (χ4v) is 2.32. The Balaban J connectivity index is 2.02. The van der Waals surface area contributed by atoms with Crippen molar-refractivity contribution in [1.82, 2.24) is 5.32 Å². The molecule has 0 radical (unpaired) electrons. The monoisotopic (exact) mass is 312 g/mol. The van der Waals surface area contributed by atoms with Crippen LogP contribution in [0, 0.1) is 13.8 Å². The number of carboxylic acid groups (broad SMARTS) is 1. The van der Waals surface area contributed by atoms with Crippen molar-refractivity contribution in [3.8, 4) is 0 Å². The van der Waals surface area contributed by atoms with Crippen LogP contribution in [0.15, 0.2) is 48.5 Å². The molecule has 2 aromatic carbocycles. The first kappa shape index (κ1) is 16.5. The average Bonchev–Trinajstić information content (AvgIpc) is 2.50. The maximum atomic E-state index is 12.1. The Morgan fingerprint density at radius 1 is 1.09 bits per heavy atom. The lowest BCUT2D eigenvalue weighted by molar-refractivity contribution is -0.139. The quantitative estimate of drug-likeness (QED) is 0.793. The summed E-state index contributed by atoms with van der Waals surface area (Å²) < 4.78 is 0. The molecular formula is C18H20N2O3. The predicted molar refractivity (Wildman–Crippen MR) is 89.6 cm³/mol. The molecule has 0 aromatic heterocycles. The largest absolute Gasteiger partial charge is 0.480 e. The standard InChI is InChI=1S/C18H20N2O3/c1-12-8-9-15(13(2)10-12)19-18(23)20-16(17(21)22)11-14-6-4-3-5-7-14/h3-10,16H,11H2,1-2H3,(H,21,22)(H2,19,20,23)/t16-/m0/s1. The second-order valence-corrected chi connectivity index (χ2v) is 5.50. The Morgan fingerprint density at radius 2 is 1.78 bits per heavy atom. The molecule has 2 aromatic rings. The molecule has 5 heteroatoms. The molecule has 0 unspecified atom stereocenters. The molecule has 0 aliphatic rings. The van der Waals surface area contributed by atoms with E-state index in [1.165, 1.54) is 0 Å². The highest BCUT2D eigenvalue weighted by Crippen LogP contribution is 2.15. The topological polar surface area (TPSA) is 78.4 Å². The lowest BCUT2D eigenvalue weighted by Gasteiger charge is -2.16. The number of carboxylic acids is 1. The molecular weight excluding hydrogens is 292 g/mol. The third-order valence-corrected chi connectivity index (χ3v) is 3.52. The Labute approximate surface area is 135 Å². The fourth-order valence-electron chi connectivity index (χ4n) is 2.32. The van der Waals surface area contributed by atoms with Crippen molar-refractivity contribution in [2.24, 2.45) is 0 Å². The Morgan fingerprint density at radius 3 is 2.39 bits per heavy atom. The minimum absolute atomic E-state index is 0.233. The molecule has 2 rings (SSSR count). The molecule has 2 amide bonds. The zero-order valence-electron chi connectivity index (χ0n) is 13.2. The van der Waals surface area contributed by atoms with Gasteiger partial charge in [-0.3, -0.25) is 0 Å². The second kappa shape index (κ2) is 7.45. The summed E-state index contributed by atoms with van der Waals surface area (Å²) >= 11 is 0. The number of carbonyl (C=O) groups excluding carboxylic acids is 1. The average molecular weight is 312 g/mol. The normalized spacial score (nSPS) is 11.6. The lowest BCUT2D eigenvalue weighted by atomic mass is 10.1. The number of hydrogen-bond acceptors (Lipinski definition) is 2. The van der Waals surface area contributed by atoms with Crippen molar-refractivity contribution in [2.75, 3.05) is 5.32 Å².